The molecule has 1 N–H and O–H groups in total. The van der Waals surface area contributed by atoms with Crippen LogP contribution >= 0.6 is 12.2 Å². The molecule has 1 fully saturated rings. The Kier molecular flexibility index (Phi) is 3.97. The van der Waals surface area contributed by atoms with E-state index in [0.717, 1.165) is 16.9 Å². The minimum atomic E-state index is -0.264. The van der Waals surface area contributed by atoms with E-state index in [1.807, 2.05) is 40.9 Å². The molecule has 0 radical (unpaired) electrons. The van der Waals surface area contributed by atoms with E-state index in [1.54, 1.807) is 18.3 Å². The van der Waals surface area contributed by atoms with Gasteiger partial charge in [-0.1, -0.05) is 6.07 Å². The number of hydrogen-bond donors (Lipinski definition) is 1. The fourth-order valence-corrected chi connectivity index (χ4v) is 3.62. The van der Waals surface area contributed by atoms with Gasteiger partial charge in [0.15, 0.2) is 5.11 Å². The molecular formula is C19H17FN4S. The van der Waals surface area contributed by atoms with E-state index < -0.39 is 0 Å². The van der Waals surface area contributed by atoms with Gasteiger partial charge >= 0.3 is 0 Å². The van der Waals surface area contributed by atoms with E-state index in [0.29, 0.717) is 5.11 Å². The number of benzene rings is 1. The Hall–Kier alpha value is -2.73. The van der Waals surface area contributed by atoms with Crippen LogP contribution < -0.4 is 10.2 Å². The molecule has 4 nitrogen and oxygen atoms in total. The Labute approximate surface area is 150 Å². The minimum absolute atomic E-state index is 0.0611. The summed E-state index contributed by atoms with van der Waals surface area (Å²) in [4.78, 5) is 6.54. The van der Waals surface area contributed by atoms with E-state index in [1.165, 1.54) is 12.1 Å². The lowest BCUT2D eigenvalue weighted by molar-refractivity contribution is 0.567. The summed E-state index contributed by atoms with van der Waals surface area (Å²) in [6, 6.07) is 14.2. The molecule has 0 bridgehead atoms. The molecule has 6 heteroatoms. The summed E-state index contributed by atoms with van der Waals surface area (Å²) in [5.41, 5.74) is 2.89. The number of aryl methyl sites for hydroxylation is 1. The molecule has 3 heterocycles. The van der Waals surface area contributed by atoms with Crippen LogP contribution in [0.5, 0.6) is 0 Å². The van der Waals surface area contributed by atoms with E-state index >= 15 is 0 Å². The summed E-state index contributed by atoms with van der Waals surface area (Å²) in [5, 5.41) is 3.99. The second-order valence-corrected chi connectivity index (χ2v) is 6.47. The van der Waals surface area contributed by atoms with Gasteiger partial charge in [0.05, 0.1) is 17.8 Å². The van der Waals surface area contributed by atoms with Crippen LogP contribution in [0.3, 0.4) is 0 Å². The molecule has 1 aliphatic heterocycles. The number of nitrogens with zero attached hydrogens (tertiary/aromatic N) is 3. The smallest absolute Gasteiger partial charge is 0.174 e. The molecule has 4 rings (SSSR count). The van der Waals surface area contributed by atoms with Crippen LogP contribution in [0.4, 0.5) is 10.1 Å². The molecule has 0 aliphatic carbocycles. The second-order valence-electron chi connectivity index (χ2n) is 6.08. The van der Waals surface area contributed by atoms with Crippen LogP contribution in [0.2, 0.25) is 0 Å². The fraction of sp³-hybridized carbons (Fsp3) is 0.158. The molecule has 25 heavy (non-hydrogen) atoms. The Morgan fingerprint density at radius 2 is 1.92 bits per heavy atom. The molecule has 0 amide bonds. The van der Waals surface area contributed by atoms with Gasteiger partial charge in [0.25, 0.3) is 0 Å². The van der Waals surface area contributed by atoms with Gasteiger partial charge in [-0.25, -0.2) is 4.39 Å². The second kappa shape index (κ2) is 6.29. The van der Waals surface area contributed by atoms with Crippen LogP contribution in [-0.2, 0) is 7.05 Å². The monoisotopic (exact) mass is 352 g/mol. The Morgan fingerprint density at radius 1 is 1.12 bits per heavy atom. The number of aromatic nitrogens is 2. The topological polar surface area (TPSA) is 33.1 Å². The summed E-state index contributed by atoms with van der Waals surface area (Å²) in [6.45, 7) is 0. The van der Waals surface area contributed by atoms with E-state index in [9.17, 15) is 4.39 Å². The Morgan fingerprint density at radius 3 is 2.56 bits per heavy atom. The minimum Gasteiger partial charge on any atom is -0.357 e. The maximum Gasteiger partial charge on any atom is 0.174 e. The lowest BCUT2D eigenvalue weighted by Gasteiger charge is -2.27. The summed E-state index contributed by atoms with van der Waals surface area (Å²) < 4.78 is 15.4. The van der Waals surface area contributed by atoms with Crippen LogP contribution in [0, 0.1) is 5.82 Å². The third-order valence-corrected chi connectivity index (χ3v) is 4.71. The third kappa shape index (κ3) is 2.89. The third-order valence-electron chi connectivity index (χ3n) is 4.40. The van der Waals surface area contributed by atoms with Gasteiger partial charge in [-0.05, 0) is 60.2 Å². The van der Waals surface area contributed by atoms with Crippen LogP contribution in [-0.4, -0.2) is 14.7 Å². The first-order valence-electron chi connectivity index (χ1n) is 8.01. The van der Waals surface area contributed by atoms with Gasteiger partial charge < -0.3 is 14.8 Å². The number of pyridine rings is 1. The van der Waals surface area contributed by atoms with E-state index in [-0.39, 0.29) is 17.9 Å². The maximum atomic E-state index is 13.4. The van der Waals surface area contributed by atoms with Crippen molar-refractivity contribution < 1.29 is 4.39 Å². The number of hydrogen-bond acceptors (Lipinski definition) is 2. The van der Waals surface area contributed by atoms with Crippen molar-refractivity contribution in [1.29, 1.82) is 0 Å². The predicted octanol–water partition coefficient (Wildman–Crippen LogP) is 3.74. The SMILES string of the molecule is Cn1ccc([C@H]2[C@H](c3ccccn3)NC(=S)N2c2ccc(F)cc2)c1. The van der Waals surface area contributed by atoms with Gasteiger partial charge in [-0.3, -0.25) is 4.98 Å². The van der Waals surface area contributed by atoms with Crippen LogP contribution in [0.15, 0.2) is 67.1 Å². The van der Waals surface area contributed by atoms with Gasteiger partial charge in [-0.2, -0.15) is 0 Å². The van der Waals surface area contributed by atoms with Crippen LogP contribution in [0.25, 0.3) is 0 Å². The standard InChI is InChI=1S/C19H17FN4S/c1-23-11-9-13(12-23)18-17(16-4-2-3-10-21-16)22-19(25)24(18)15-7-5-14(20)6-8-15/h2-12,17-18H,1H3,(H,22,25)/t17-,18-/m0/s1. The number of nitrogens with one attached hydrogen (secondary N) is 1. The molecular weight excluding hydrogens is 335 g/mol. The zero-order chi connectivity index (χ0) is 17.4. The fourth-order valence-electron chi connectivity index (χ4n) is 3.27. The lowest BCUT2D eigenvalue weighted by atomic mass is 9.98. The normalized spacial score (nSPS) is 19.9. The lowest BCUT2D eigenvalue weighted by Crippen LogP contribution is -2.29. The highest BCUT2D eigenvalue weighted by molar-refractivity contribution is 7.80. The highest BCUT2D eigenvalue weighted by Crippen LogP contribution is 2.41. The number of rotatable bonds is 3. The van der Waals surface area contributed by atoms with Crippen molar-refractivity contribution in [1.82, 2.24) is 14.9 Å². The predicted molar refractivity (Wildman–Crippen MR) is 99.7 cm³/mol. The van der Waals surface area contributed by atoms with Crippen LogP contribution in [0.1, 0.15) is 23.3 Å². The average molecular weight is 352 g/mol. The van der Waals surface area contributed by atoms with Crippen molar-refractivity contribution in [3.63, 3.8) is 0 Å². The molecule has 0 unspecified atom stereocenters. The van der Waals surface area contributed by atoms with Crippen molar-refractivity contribution >= 4 is 23.0 Å². The number of anilines is 1. The van der Waals surface area contributed by atoms with Crippen molar-refractivity contribution in [2.45, 2.75) is 12.1 Å². The zero-order valence-corrected chi connectivity index (χ0v) is 14.4. The molecule has 3 aromatic rings. The van der Waals surface area contributed by atoms with Gasteiger partial charge in [0.1, 0.15) is 5.82 Å². The van der Waals surface area contributed by atoms with E-state index in [2.05, 4.69) is 22.6 Å². The zero-order valence-electron chi connectivity index (χ0n) is 13.6. The molecule has 1 aromatic carbocycles. The van der Waals surface area contributed by atoms with Crippen molar-refractivity contribution in [2.24, 2.45) is 7.05 Å². The van der Waals surface area contributed by atoms with Crippen molar-refractivity contribution in [3.8, 4) is 0 Å². The molecule has 126 valence electrons. The van der Waals surface area contributed by atoms with Gasteiger partial charge in [0, 0.05) is 31.3 Å². The Balaban J connectivity index is 1.81. The first-order valence-corrected chi connectivity index (χ1v) is 8.42. The maximum absolute atomic E-state index is 13.4. The largest absolute Gasteiger partial charge is 0.357 e. The highest BCUT2D eigenvalue weighted by atomic mass is 32.1. The molecule has 1 saturated heterocycles. The van der Waals surface area contributed by atoms with Crippen molar-refractivity contribution in [2.75, 3.05) is 4.90 Å². The highest BCUT2D eigenvalue weighted by Gasteiger charge is 2.40. The molecule has 0 saturated carbocycles. The summed E-state index contributed by atoms with van der Waals surface area (Å²) in [7, 11) is 1.99. The first-order chi connectivity index (χ1) is 12.1. The van der Waals surface area contributed by atoms with Crippen molar-refractivity contribution in [3.05, 3.63) is 84.2 Å². The summed E-state index contributed by atoms with van der Waals surface area (Å²) in [6.07, 6.45) is 5.87. The van der Waals surface area contributed by atoms with Gasteiger partial charge in [0.2, 0.25) is 0 Å². The Bertz CT molecular complexity index is 891. The summed E-state index contributed by atoms with van der Waals surface area (Å²) >= 11 is 5.60. The molecule has 2 aromatic heterocycles. The molecule has 2 atom stereocenters. The average Bonchev–Trinajstić information content (AvgIpc) is 3.20. The van der Waals surface area contributed by atoms with Gasteiger partial charge in [-0.15, -0.1) is 0 Å². The first kappa shape index (κ1) is 15.8. The molecule has 0 spiro atoms. The summed E-state index contributed by atoms with van der Waals surface area (Å²) in [5.74, 6) is -0.264. The number of halogens is 1. The quantitative estimate of drug-likeness (QED) is 0.728. The molecule has 1 aliphatic rings. The van der Waals surface area contributed by atoms with E-state index in [4.69, 9.17) is 12.2 Å². The number of thiocarbonyl (C=S) groups is 1.